The summed E-state index contributed by atoms with van der Waals surface area (Å²) in [5.74, 6) is 1.49. The van der Waals surface area contributed by atoms with Crippen molar-refractivity contribution in [2.24, 2.45) is 9.98 Å². The van der Waals surface area contributed by atoms with Gasteiger partial charge in [0.25, 0.3) is 0 Å². The van der Waals surface area contributed by atoms with E-state index in [4.69, 9.17) is 14.4 Å². The Kier molecular flexibility index (Phi) is 7.09. The van der Waals surface area contributed by atoms with Crippen LogP contribution in [0.3, 0.4) is 0 Å². The molecule has 0 fully saturated rings. The highest BCUT2D eigenvalue weighted by Gasteiger charge is 2.12. The molecule has 0 bridgehead atoms. The molecule has 5 aromatic rings. The van der Waals surface area contributed by atoms with Crippen molar-refractivity contribution in [3.63, 3.8) is 0 Å². The lowest BCUT2D eigenvalue weighted by Crippen LogP contribution is -2.16. The van der Waals surface area contributed by atoms with Crippen molar-refractivity contribution >= 4 is 34.8 Å². The number of rotatable bonds is 6. The third-order valence-corrected chi connectivity index (χ3v) is 6.86. The molecule has 166 valence electrons. The molecule has 1 heterocycles. The van der Waals surface area contributed by atoms with Crippen LogP contribution in [0.15, 0.2) is 136 Å². The van der Waals surface area contributed by atoms with Gasteiger partial charge >= 0.3 is 0 Å². The molecule has 6 heteroatoms. The van der Waals surface area contributed by atoms with Gasteiger partial charge in [0.05, 0.1) is 11.4 Å². The van der Waals surface area contributed by atoms with Crippen molar-refractivity contribution in [3.8, 4) is 5.69 Å². The van der Waals surface area contributed by atoms with Crippen molar-refractivity contribution in [1.82, 2.24) is 8.94 Å². The molecule has 34 heavy (non-hydrogen) atoms. The Morgan fingerprint density at radius 3 is 2.00 bits per heavy atom. The normalized spacial score (nSPS) is 12.1. The zero-order valence-corrected chi connectivity index (χ0v) is 20.0. The number of amidine groups is 1. The fraction of sp³-hybridized carbons (Fsp3) is 0.0357. The molecule has 4 nitrogen and oxygen atoms in total. The molecule has 0 radical (unpaired) electrons. The molecule has 4 aromatic carbocycles. The van der Waals surface area contributed by atoms with Crippen LogP contribution >= 0.6 is 23.3 Å². The van der Waals surface area contributed by atoms with Crippen LogP contribution in [0.2, 0.25) is 0 Å². The lowest BCUT2D eigenvalue weighted by atomic mass is 10.2. The maximum atomic E-state index is 5.03. The quantitative estimate of drug-likeness (QED) is 0.151. The van der Waals surface area contributed by atoms with E-state index >= 15 is 0 Å². The van der Waals surface area contributed by atoms with Crippen LogP contribution in [-0.4, -0.2) is 14.8 Å². The largest absolute Gasteiger partial charge is 0.263 e. The van der Waals surface area contributed by atoms with Crippen molar-refractivity contribution in [1.29, 1.82) is 0 Å². The Labute approximate surface area is 207 Å². The fourth-order valence-electron chi connectivity index (χ4n) is 3.38. The van der Waals surface area contributed by atoms with E-state index in [9.17, 15) is 0 Å². The second-order valence-corrected chi connectivity index (χ2v) is 9.11. The maximum Gasteiger partial charge on any atom is 0.216 e. The van der Waals surface area contributed by atoms with E-state index in [1.807, 2.05) is 84.9 Å². The standard InChI is InChI=1S/C28H22N4S2/c1-5-13-22(14-6-1)21-33-28-31-34-27(32(28)25-19-11-4-12-20-25)30-26(23-15-7-2-8-16-23)29-24-17-9-3-10-18-24/h1-20H,21H2. The van der Waals surface area contributed by atoms with Gasteiger partial charge in [-0.2, -0.15) is 9.37 Å². The predicted octanol–water partition coefficient (Wildman–Crippen LogP) is 6.91. The second kappa shape index (κ2) is 10.9. The summed E-state index contributed by atoms with van der Waals surface area (Å²) >= 11 is 3.09. The molecular weight excluding hydrogens is 456 g/mol. The zero-order valence-electron chi connectivity index (χ0n) is 18.4. The number of benzene rings is 4. The van der Waals surface area contributed by atoms with Gasteiger partial charge in [-0.05, 0) is 29.8 Å². The predicted molar refractivity (Wildman–Crippen MR) is 142 cm³/mol. The average Bonchev–Trinajstić information content (AvgIpc) is 3.31. The zero-order chi connectivity index (χ0) is 23.0. The van der Waals surface area contributed by atoms with Gasteiger partial charge < -0.3 is 0 Å². The first-order valence-corrected chi connectivity index (χ1v) is 12.7. The lowest BCUT2D eigenvalue weighted by Gasteiger charge is -2.08. The second-order valence-electron chi connectivity index (χ2n) is 7.44. The van der Waals surface area contributed by atoms with Gasteiger partial charge in [-0.15, -0.1) is 0 Å². The smallest absolute Gasteiger partial charge is 0.216 e. The van der Waals surface area contributed by atoms with E-state index in [0.29, 0.717) is 5.84 Å². The summed E-state index contributed by atoms with van der Waals surface area (Å²) in [6, 6.07) is 40.7. The van der Waals surface area contributed by atoms with E-state index in [1.54, 1.807) is 11.8 Å². The van der Waals surface area contributed by atoms with Crippen LogP contribution in [0.1, 0.15) is 11.1 Å². The molecule has 1 aromatic heterocycles. The summed E-state index contributed by atoms with van der Waals surface area (Å²) in [4.78, 5) is 10.7. The van der Waals surface area contributed by atoms with Gasteiger partial charge in [-0.3, -0.25) is 4.57 Å². The SMILES string of the molecule is c1ccc(CSc2nsc(=NC(=Nc3ccccc3)c3ccccc3)n2-c2ccccc2)cc1. The molecular formula is C28H22N4S2. The van der Waals surface area contributed by atoms with E-state index < -0.39 is 0 Å². The van der Waals surface area contributed by atoms with Gasteiger partial charge in [0, 0.05) is 22.8 Å². The molecule has 0 aliphatic rings. The van der Waals surface area contributed by atoms with Crippen LogP contribution in [0.25, 0.3) is 5.69 Å². The summed E-state index contributed by atoms with van der Waals surface area (Å²) < 4.78 is 6.89. The van der Waals surface area contributed by atoms with Crippen LogP contribution in [0, 0.1) is 0 Å². The molecule has 0 N–H and O–H groups in total. The third-order valence-electron chi connectivity index (χ3n) is 5.04. The van der Waals surface area contributed by atoms with E-state index in [0.717, 1.165) is 32.6 Å². The van der Waals surface area contributed by atoms with Crippen molar-refractivity contribution in [2.45, 2.75) is 10.9 Å². The molecule has 0 aliphatic carbocycles. The van der Waals surface area contributed by atoms with Gasteiger partial charge in [0.1, 0.15) is 0 Å². The lowest BCUT2D eigenvalue weighted by molar-refractivity contribution is 0.858. The van der Waals surface area contributed by atoms with E-state index in [-0.39, 0.29) is 0 Å². The Morgan fingerprint density at radius 2 is 1.32 bits per heavy atom. The Morgan fingerprint density at radius 1 is 0.735 bits per heavy atom. The van der Waals surface area contributed by atoms with Gasteiger partial charge in [-0.1, -0.05) is 109 Å². The number of thioether (sulfide) groups is 1. The number of nitrogens with zero attached hydrogens (tertiary/aromatic N) is 4. The van der Waals surface area contributed by atoms with Crippen LogP contribution in [-0.2, 0) is 5.75 Å². The van der Waals surface area contributed by atoms with Crippen LogP contribution in [0.5, 0.6) is 0 Å². The third kappa shape index (κ3) is 5.42. The summed E-state index contributed by atoms with van der Waals surface area (Å²) in [7, 11) is 0. The monoisotopic (exact) mass is 478 g/mol. The molecule has 0 unspecified atom stereocenters. The number of aromatic nitrogens is 2. The first-order valence-electron chi connectivity index (χ1n) is 10.9. The molecule has 0 atom stereocenters. The van der Waals surface area contributed by atoms with Crippen LogP contribution < -0.4 is 4.80 Å². The van der Waals surface area contributed by atoms with Gasteiger partial charge in [0.2, 0.25) is 4.80 Å². The molecule has 0 spiro atoms. The highest BCUT2D eigenvalue weighted by molar-refractivity contribution is 7.98. The molecule has 5 rings (SSSR count). The first kappa shape index (κ1) is 22.1. The Hall–Kier alpha value is -3.74. The molecule has 0 saturated heterocycles. The van der Waals surface area contributed by atoms with E-state index in [1.165, 1.54) is 17.1 Å². The van der Waals surface area contributed by atoms with Crippen molar-refractivity contribution in [3.05, 3.63) is 137 Å². The highest BCUT2D eigenvalue weighted by atomic mass is 32.2. The van der Waals surface area contributed by atoms with Gasteiger partial charge in [0.15, 0.2) is 11.0 Å². The number of para-hydroxylation sites is 2. The summed E-state index contributed by atoms with van der Waals surface area (Å²) in [6.45, 7) is 0. The Balaban J connectivity index is 1.61. The number of aliphatic imine (C=N–C) groups is 1. The maximum absolute atomic E-state index is 5.03. The average molecular weight is 479 g/mol. The van der Waals surface area contributed by atoms with E-state index in [2.05, 4.69) is 41.0 Å². The highest BCUT2D eigenvalue weighted by Crippen LogP contribution is 2.24. The Bertz CT molecular complexity index is 1430. The summed E-state index contributed by atoms with van der Waals surface area (Å²) in [5.41, 5.74) is 4.10. The van der Waals surface area contributed by atoms with Crippen LogP contribution in [0.4, 0.5) is 5.69 Å². The number of hydrogen-bond donors (Lipinski definition) is 0. The molecule has 0 aliphatic heterocycles. The minimum atomic E-state index is 0.653. The fourth-order valence-corrected chi connectivity index (χ4v) is 5.21. The summed E-state index contributed by atoms with van der Waals surface area (Å²) in [5, 5.41) is 0.908. The topological polar surface area (TPSA) is 42.5 Å². The number of hydrogen-bond acceptors (Lipinski definition) is 4. The van der Waals surface area contributed by atoms with Gasteiger partial charge in [-0.25, -0.2) is 4.99 Å². The molecule has 0 amide bonds. The minimum Gasteiger partial charge on any atom is -0.263 e. The van der Waals surface area contributed by atoms with Crippen molar-refractivity contribution < 1.29 is 0 Å². The molecule has 0 saturated carbocycles. The summed E-state index contributed by atoms with van der Waals surface area (Å²) in [6.07, 6.45) is 0. The van der Waals surface area contributed by atoms with Crippen molar-refractivity contribution in [2.75, 3.05) is 0 Å². The minimum absolute atomic E-state index is 0.653. The first-order chi connectivity index (χ1) is 16.9.